The van der Waals surface area contributed by atoms with Crippen molar-refractivity contribution < 1.29 is 4.79 Å². The average Bonchev–Trinajstić information content (AvgIpc) is 3.52. The summed E-state index contributed by atoms with van der Waals surface area (Å²) in [7, 11) is 0. The van der Waals surface area contributed by atoms with Gasteiger partial charge in [0.25, 0.3) is 5.91 Å². The van der Waals surface area contributed by atoms with Crippen molar-refractivity contribution >= 4 is 45.6 Å². The molecule has 0 aliphatic carbocycles. The quantitative estimate of drug-likeness (QED) is 0.385. The second kappa shape index (κ2) is 9.30. The number of pyridine rings is 2. The fraction of sp³-hybridized carbons (Fsp3) is 0.208. The predicted octanol–water partition coefficient (Wildman–Crippen LogP) is 4.70. The van der Waals surface area contributed by atoms with Crippen LogP contribution < -0.4 is 21.7 Å². The Bertz CT molecular complexity index is 1270. The van der Waals surface area contributed by atoms with E-state index in [0.29, 0.717) is 11.4 Å². The Balaban J connectivity index is 1.40. The molecule has 4 aromatic rings. The van der Waals surface area contributed by atoms with Crippen LogP contribution in [0, 0.1) is 0 Å². The molecule has 1 fully saturated rings. The van der Waals surface area contributed by atoms with Gasteiger partial charge >= 0.3 is 0 Å². The molecular weight excluding hydrogens is 452 g/mol. The molecule has 1 atom stereocenters. The zero-order chi connectivity index (χ0) is 22.8. The van der Waals surface area contributed by atoms with Gasteiger partial charge in [-0.05, 0) is 54.6 Å². The first-order valence-electron chi connectivity index (χ1n) is 10.7. The molecule has 1 unspecified atom stereocenters. The van der Waals surface area contributed by atoms with E-state index in [4.69, 9.17) is 11.5 Å². The van der Waals surface area contributed by atoms with E-state index >= 15 is 0 Å². The van der Waals surface area contributed by atoms with Crippen molar-refractivity contribution in [1.29, 1.82) is 0 Å². The number of anilines is 3. The highest BCUT2D eigenvalue weighted by Gasteiger charge is 2.21. The lowest BCUT2D eigenvalue weighted by Crippen LogP contribution is -2.43. The lowest BCUT2D eigenvalue weighted by atomic mass is 10.1. The van der Waals surface area contributed by atoms with Crippen molar-refractivity contribution in [2.75, 3.05) is 29.0 Å². The highest BCUT2D eigenvalue weighted by atomic mass is 32.1. The number of nitrogens with zero attached hydrogens (tertiary/aromatic N) is 3. The van der Waals surface area contributed by atoms with Crippen molar-refractivity contribution in [2.24, 2.45) is 5.73 Å². The van der Waals surface area contributed by atoms with Gasteiger partial charge in [-0.1, -0.05) is 6.07 Å². The highest BCUT2D eigenvalue weighted by molar-refractivity contribution is 7.23. The Morgan fingerprint density at radius 2 is 2.00 bits per heavy atom. The maximum Gasteiger partial charge on any atom is 0.276 e. The topological polar surface area (TPSA) is 110 Å². The molecule has 33 heavy (non-hydrogen) atoms. The van der Waals surface area contributed by atoms with Gasteiger partial charge in [-0.15, -0.1) is 22.7 Å². The maximum atomic E-state index is 13.2. The van der Waals surface area contributed by atoms with Crippen LogP contribution in [0.15, 0.2) is 60.2 Å². The summed E-state index contributed by atoms with van der Waals surface area (Å²) >= 11 is 3.34. The third kappa shape index (κ3) is 4.61. The lowest BCUT2D eigenvalue weighted by molar-refractivity contribution is 0.102. The monoisotopic (exact) mass is 476 g/mol. The summed E-state index contributed by atoms with van der Waals surface area (Å²) in [5.74, 6) is -0.361. The van der Waals surface area contributed by atoms with Crippen LogP contribution in [-0.4, -0.2) is 35.0 Å². The number of carbonyl (C=O) groups is 1. The second-order valence-electron chi connectivity index (χ2n) is 7.97. The summed E-state index contributed by atoms with van der Waals surface area (Å²) in [6.45, 7) is 1.63. The highest BCUT2D eigenvalue weighted by Crippen LogP contribution is 2.36. The SMILES string of the molecule is Nc1ccc(-c2ccc(-c3cccs3)s2)nc1C(=O)Nc1cnccc1N1CCCC(N)C1. The van der Waals surface area contributed by atoms with Gasteiger partial charge in [0, 0.05) is 35.1 Å². The van der Waals surface area contributed by atoms with Gasteiger partial charge in [0.2, 0.25) is 0 Å². The largest absolute Gasteiger partial charge is 0.397 e. The molecule has 5 N–H and O–H groups in total. The molecule has 168 valence electrons. The van der Waals surface area contributed by atoms with E-state index in [1.165, 1.54) is 9.75 Å². The lowest BCUT2D eigenvalue weighted by Gasteiger charge is -2.33. The van der Waals surface area contributed by atoms with E-state index < -0.39 is 0 Å². The van der Waals surface area contributed by atoms with E-state index in [0.717, 1.165) is 42.2 Å². The Kier molecular flexibility index (Phi) is 6.08. The van der Waals surface area contributed by atoms with Crippen LogP contribution >= 0.6 is 22.7 Å². The fourth-order valence-electron chi connectivity index (χ4n) is 3.99. The van der Waals surface area contributed by atoms with Crippen molar-refractivity contribution in [2.45, 2.75) is 18.9 Å². The molecule has 0 radical (unpaired) electrons. The molecule has 0 aromatic carbocycles. The van der Waals surface area contributed by atoms with Gasteiger partial charge in [-0.2, -0.15) is 0 Å². The molecule has 1 aliphatic rings. The Labute approximate surface area is 200 Å². The zero-order valence-corrected chi connectivity index (χ0v) is 19.5. The van der Waals surface area contributed by atoms with Gasteiger partial charge in [0.15, 0.2) is 5.69 Å². The summed E-state index contributed by atoms with van der Waals surface area (Å²) in [6, 6.07) is 13.8. The summed E-state index contributed by atoms with van der Waals surface area (Å²) in [6.07, 6.45) is 5.40. The molecule has 5 rings (SSSR count). The van der Waals surface area contributed by atoms with E-state index in [-0.39, 0.29) is 17.6 Å². The van der Waals surface area contributed by atoms with Gasteiger partial charge in [-0.25, -0.2) is 4.98 Å². The smallest absolute Gasteiger partial charge is 0.276 e. The molecule has 0 saturated carbocycles. The maximum absolute atomic E-state index is 13.2. The molecule has 1 saturated heterocycles. The van der Waals surface area contributed by atoms with E-state index in [9.17, 15) is 4.79 Å². The summed E-state index contributed by atoms with van der Waals surface area (Å²) in [5, 5.41) is 5.02. The van der Waals surface area contributed by atoms with Gasteiger partial charge in [0.05, 0.1) is 33.8 Å². The van der Waals surface area contributed by atoms with E-state index in [2.05, 4.69) is 37.7 Å². The minimum Gasteiger partial charge on any atom is -0.397 e. The van der Waals surface area contributed by atoms with Crippen LogP contribution in [0.3, 0.4) is 0 Å². The molecule has 1 aliphatic heterocycles. The minimum absolute atomic E-state index is 0.120. The average molecular weight is 477 g/mol. The van der Waals surface area contributed by atoms with Crippen molar-refractivity contribution in [3.8, 4) is 20.3 Å². The number of hydrogen-bond donors (Lipinski definition) is 3. The summed E-state index contributed by atoms with van der Waals surface area (Å²) in [5.41, 5.74) is 15.1. The Morgan fingerprint density at radius 3 is 2.82 bits per heavy atom. The number of rotatable bonds is 5. The molecule has 5 heterocycles. The second-order valence-corrected chi connectivity index (χ2v) is 10.0. The zero-order valence-electron chi connectivity index (χ0n) is 17.9. The van der Waals surface area contributed by atoms with Crippen LogP contribution in [0.5, 0.6) is 0 Å². The predicted molar refractivity (Wildman–Crippen MR) is 137 cm³/mol. The Hall–Kier alpha value is -3.27. The number of nitrogens with two attached hydrogens (primary N) is 2. The normalized spacial score (nSPS) is 16.0. The molecule has 0 spiro atoms. The van der Waals surface area contributed by atoms with E-state index in [1.807, 2.05) is 24.3 Å². The number of hydrogen-bond acceptors (Lipinski definition) is 8. The van der Waals surface area contributed by atoms with Crippen LogP contribution in [0.2, 0.25) is 0 Å². The first kappa shape index (κ1) is 21.6. The molecular formula is C24H24N6OS2. The number of piperidine rings is 1. The van der Waals surface area contributed by atoms with Crippen molar-refractivity contribution in [3.05, 3.63) is 65.9 Å². The van der Waals surface area contributed by atoms with E-state index in [1.54, 1.807) is 41.1 Å². The number of amides is 1. The van der Waals surface area contributed by atoms with Crippen molar-refractivity contribution in [1.82, 2.24) is 9.97 Å². The summed E-state index contributed by atoms with van der Waals surface area (Å²) < 4.78 is 0. The Morgan fingerprint density at radius 1 is 1.12 bits per heavy atom. The number of carbonyl (C=O) groups excluding carboxylic acids is 1. The van der Waals surface area contributed by atoms with Crippen LogP contribution in [0.1, 0.15) is 23.3 Å². The summed E-state index contributed by atoms with van der Waals surface area (Å²) in [4.78, 5) is 27.6. The number of aromatic nitrogens is 2. The van der Waals surface area contributed by atoms with Gasteiger partial charge < -0.3 is 21.7 Å². The van der Waals surface area contributed by atoms with Crippen molar-refractivity contribution in [3.63, 3.8) is 0 Å². The standard InChI is InChI=1S/C24H24N6OS2/c25-15-3-1-11-30(14-15)19-9-10-27-13-18(19)29-24(31)23-16(26)5-6-17(28-23)20-7-8-22(33-20)21-4-2-12-32-21/h2,4-10,12-13,15H,1,3,11,14,25-26H2,(H,29,31). The molecule has 7 nitrogen and oxygen atoms in total. The van der Waals surface area contributed by atoms with Gasteiger partial charge in [0.1, 0.15) is 0 Å². The first-order chi connectivity index (χ1) is 16.1. The fourth-order valence-corrected chi connectivity index (χ4v) is 5.80. The minimum atomic E-state index is -0.361. The number of nitrogens with one attached hydrogen (secondary N) is 1. The number of nitrogen functional groups attached to an aromatic ring is 1. The molecule has 1 amide bonds. The first-order valence-corrected chi connectivity index (χ1v) is 12.4. The molecule has 0 bridgehead atoms. The third-order valence-corrected chi connectivity index (χ3v) is 7.78. The van der Waals surface area contributed by atoms with Crippen LogP contribution in [0.25, 0.3) is 20.3 Å². The molecule has 4 aromatic heterocycles. The number of thiophene rings is 2. The van der Waals surface area contributed by atoms with Crippen LogP contribution in [0.4, 0.5) is 17.1 Å². The third-order valence-electron chi connectivity index (χ3n) is 5.61. The molecule has 9 heteroatoms. The van der Waals surface area contributed by atoms with Gasteiger partial charge in [-0.3, -0.25) is 9.78 Å². The van der Waals surface area contributed by atoms with Crippen LogP contribution in [-0.2, 0) is 0 Å².